The van der Waals surface area contributed by atoms with E-state index in [4.69, 9.17) is 4.52 Å². The first kappa shape index (κ1) is 19.6. The summed E-state index contributed by atoms with van der Waals surface area (Å²) < 4.78 is 9.14. The molecule has 0 aliphatic carbocycles. The lowest BCUT2D eigenvalue weighted by atomic mass is 10.1. The molecule has 0 spiro atoms. The molecule has 0 fully saturated rings. The van der Waals surface area contributed by atoms with Crippen molar-refractivity contribution < 1.29 is 4.52 Å². The molecule has 0 saturated carbocycles. The molecule has 1 aromatic carbocycles. The molecule has 22 heavy (non-hydrogen) atoms. The zero-order valence-electron chi connectivity index (χ0n) is 15.5. The summed E-state index contributed by atoms with van der Waals surface area (Å²) in [6.07, 6.45) is 2.31. The molecular weight excluding hydrogens is 289 g/mol. The molecule has 0 aromatic heterocycles. The maximum absolute atomic E-state index is 6.55. The fourth-order valence-corrected chi connectivity index (χ4v) is 5.40. The molecule has 1 rings (SSSR count). The van der Waals surface area contributed by atoms with Gasteiger partial charge in [-0.05, 0) is 46.1 Å². The summed E-state index contributed by atoms with van der Waals surface area (Å²) in [5.41, 5.74) is 1.26. The first-order valence-corrected chi connectivity index (χ1v) is 9.82. The van der Waals surface area contributed by atoms with Gasteiger partial charge in [-0.2, -0.15) is 0 Å². The Balaban J connectivity index is 3.00. The lowest BCUT2D eigenvalue weighted by Gasteiger charge is -2.46. The van der Waals surface area contributed by atoms with E-state index in [1.807, 2.05) is 0 Å². The number of hydrogen-bond acceptors (Lipinski definition) is 2. The molecular formula is C19H34NOP. The van der Waals surface area contributed by atoms with Crippen LogP contribution in [0.15, 0.2) is 30.3 Å². The second-order valence-corrected chi connectivity index (χ2v) is 9.15. The third-order valence-corrected chi connectivity index (χ3v) is 7.72. The van der Waals surface area contributed by atoms with Crippen LogP contribution in [0, 0.1) is 0 Å². The van der Waals surface area contributed by atoms with Gasteiger partial charge < -0.3 is 4.52 Å². The number of rotatable bonds is 9. The Morgan fingerprint density at radius 3 is 1.91 bits per heavy atom. The van der Waals surface area contributed by atoms with Gasteiger partial charge in [0, 0.05) is 17.2 Å². The second-order valence-electron chi connectivity index (χ2n) is 6.80. The summed E-state index contributed by atoms with van der Waals surface area (Å²) in [7, 11) is -0.639. The highest BCUT2D eigenvalue weighted by Crippen LogP contribution is 2.59. The van der Waals surface area contributed by atoms with Crippen molar-refractivity contribution in [2.24, 2.45) is 0 Å². The van der Waals surface area contributed by atoms with Gasteiger partial charge in [0.15, 0.2) is 0 Å². The van der Waals surface area contributed by atoms with Crippen molar-refractivity contribution in [3.05, 3.63) is 35.9 Å². The minimum Gasteiger partial charge on any atom is -0.338 e. The molecule has 3 heteroatoms. The maximum atomic E-state index is 6.55. The Hall–Kier alpha value is -0.430. The van der Waals surface area contributed by atoms with Crippen LogP contribution in [-0.2, 0) is 11.1 Å². The second kappa shape index (κ2) is 9.01. The predicted octanol–water partition coefficient (Wildman–Crippen LogP) is 6.21. The summed E-state index contributed by atoms with van der Waals surface area (Å²) in [4.78, 5) is 0. The lowest BCUT2D eigenvalue weighted by molar-refractivity contribution is 0.230. The largest absolute Gasteiger partial charge is 0.338 e. The zero-order valence-corrected chi connectivity index (χ0v) is 16.4. The van der Waals surface area contributed by atoms with E-state index in [0.717, 1.165) is 12.8 Å². The van der Waals surface area contributed by atoms with Crippen molar-refractivity contribution in [3.8, 4) is 0 Å². The van der Waals surface area contributed by atoms with Crippen LogP contribution in [0.2, 0.25) is 0 Å². The highest BCUT2D eigenvalue weighted by atomic mass is 31.2. The number of benzene rings is 1. The highest BCUT2D eigenvalue weighted by Gasteiger charge is 2.39. The van der Waals surface area contributed by atoms with Crippen molar-refractivity contribution in [3.63, 3.8) is 0 Å². The minimum atomic E-state index is -0.639. The molecule has 0 amide bonds. The molecule has 1 atom stereocenters. The Morgan fingerprint density at radius 1 is 1.00 bits per heavy atom. The van der Waals surface area contributed by atoms with Crippen LogP contribution >= 0.6 is 8.30 Å². The summed E-state index contributed by atoms with van der Waals surface area (Å²) in [6.45, 7) is 16.8. The van der Waals surface area contributed by atoms with E-state index in [-0.39, 0.29) is 5.16 Å². The van der Waals surface area contributed by atoms with Crippen LogP contribution in [0.5, 0.6) is 0 Å². The van der Waals surface area contributed by atoms with Gasteiger partial charge in [0.2, 0.25) is 0 Å². The molecule has 0 N–H and O–H groups in total. The Labute approximate surface area is 139 Å². The molecule has 2 nitrogen and oxygen atoms in total. The fourth-order valence-electron chi connectivity index (χ4n) is 2.75. The summed E-state index contributed by atoms with van der Waals surface area (Å²) in [5.74, 6) is 0. The molecule has 0 radical (unpaired) electrons. The molecule has 1 aromatic rings. The van der Waals surface area contributed by atoms with Gasteiger partial charge in [-0.15, -0.1) is 0 Å². The van der Waals surface area contributed by atoms with E-state index < -0.39 is 8.30 Å². The SMILES string of the molecule is CCC(C)(CC)P(OCc1ccccc1)N(C(C)C)C(C)C. The normalized spacial score (nSPS) is 14.1. The van der Waals surface area contributed by atoms with Crippen molar-refractivity contribution in [1.82, 2.24) is 4.67 Å². The Kier molecular flexibility index (Phi) is 8.03. The average Bonchev–Trinajstić information content (AvgIpc) is 2.50. The van der Waals surface area contributed by atoms with Crippen molar-refractivity contribution in [2.45, 2.75) is 85.2 Å². The molecule has 0 bridgehead atoms. The lowest BCUT2D eigenvalue weighted by Crippen LogP contribution is -2.39. The van der Waals surface area contributed by atoms with Crippen molar-refractivity contribution in [1.29, 1.82) is 0 Å². The number of nitrogens with zero attached hydrogens (tertiary/aromatic N) is 1. The fraction of sp³-hybridized carbons (Fsp3) is 0.684. The molecule has 0 aliphatic rings. The smallest absolute Gasteiger partial charge is 0.111 e. The Morgan fingerprint density at radius 2 is 1.50 bits per heavy atom. The van der Waals surface area contributed by atoms with Gasteiger partial charge in [-0.25, -0.2) is 0 Å². The minimum absolute atomic E-state index is 0.235. The monoisotopic (exact) mass is 323 g/mol. The van der Waals surface area contributed by atoms with Crippen molar-refractivity contribution >= 4 is 8.30 Å². The van der Waals surface area contributed by atoms with Crippen molar-refractivity contribution in [2.75, 3.05) is 0 Å². The van der Waals surface area contributed by atoms with Crippen LogP contribution in [0.3, 0.4) is 0 Å². The number of hydrogen-bond donors (Lipinski definition) is 0. The molecule has 0 saturated heterocycles. The third kappa shape index (κ3) is 5.05. The summed E-state index contributed by atoms with van der Waals surface area (Å²) in [5, 5.41) is 0.235. The van der Waals surface area contributed by atoms with E-state index in [1.54, 1.807) is 0 Å². The highest BCUT2D eigenvalue weighted by molar-refractivity contribution is 7.51. The van der Waals surface area contributed by atoms with Gasteiger partial charge in [-0.1, -0.05) is 51.1 Å². The molecule has 1 unspecified atom stereocenters. The van der Waals surface area contributed by atoms with Gasteiger partial charge in [0.1, 0.15) is 8.30 Å². The first-order chi connectivity index (χ1) is 10.4. The zero-order chi connectivity index (χ0) is 16.8. The summed E-state index contributed by atoms with van der Waals surface area (Å²) >= 11 is 0. The van der Waals surface area contributed by atoms with Gasteiger partial charge >= 0.3 is 0 Å². The maximum Gasteiger partial charge on any atom is 0.111 e. The molecule has 126 valence electrons. The standard InChI is InChI=1S/C19H34NOP/c1-8-19(7,9-2)22(20(16(3)4)17(5)6)21-15-18-13-11-10-12-14-18/h10-14,16-17H,8-9,15H2,1-7H3. The average molecular weight is 323 g/mol. The molecule has 0 heterocycles. The van der Waals surface area contributed by atoms with Crippen LogP contribution in [-0.4, -0.2) is 21.9 Å². The summed E-state index contributed by atoms with van der Waals surface area (Å²) in [6, 6.07) is 11.5. The van der Waals surface area contributed by atoms with Gasteiger partial charge in [0.25, 0.3) is 0 Å². The quantitative estimate of drug-likeness (QED) is 0.501. The van der Waals surface area contributed by atoms with Crippen LogP contribution in [0.25, 0.3) is 0 Å². The van der Waals surface area contributed by atoms with E-state index in [0.29, 0.717) is 18.7 Å². The van der Waals surface area contributed by atoms with E-state index >= 15 is 0 Å². The van der Waals surface area contributed by atoms with Crippen LogP contribution < -0.4 is 0 Å². The Bertz CT molecular complexity index is 407. The predicted molar refractivity (Wildman–Crippen MR) is 99.2 cm³/mol. The van der Waals surface area contributed by atoms with Crippen LogP contribution in [0.4, 0.5) is 0 Å². The van der Waals surface area contributed by atoms with Gasteiger partial charge in [0.05, 0.1) is 6.61 Å². The van der Waals surface area contributed by atoms with E-state index in [2.05, 4.69) is 83.5 Å². The third-order valence-electron chi connectivity index (χ3n) is 4.45. The first-order valence-electron chi connectivity index (χ1n) is 8.61. The van der Waals surface area contributed by atoms with E-state index in [9.17, 15) is 0 Å². The van der Waals surface area contributed by atoms with Gasteiger partial charge in [-0.3, -0.25) is 4.67 Å². The van der Waals surface area contributed by atoms with E-state index in [1.165, 1.54) is 5.56 Å². The molecule has 0 aliphatic heterocycles. The van der Waals surface area contributed by atoms with Crippen LogP contribution in [0.1, 0.15) is 66.9 Å². The topological polar surface area (TPSA) is 12.5 Å².